The van der Waals surface area contributed by atoms with Gasteiger partial charge in [0.15, 0.2) is 0 Å². The fraction of sp³-hybridized carbons (Fsp3) is 0.636. The molecule has 0 amide bonds. The van der Waals surface area contributed by atoms with Crippen LogP contribution in [0, 0.1) is 17.3 Å². The fourth-order valence-electron chi connectivity index (χ4n) is 1.96. The summed E-state index contributed by atoms with van der Waals surface area (Å²) in [4.78, 5) is 22.0. The van der Waals surface area contributed by atoms with E-state index in [4.69, 9.17) is 5.11 Å². The highest BCUT2D eigenvalue weighted by atomic mass is 16.5. The second kappa shape index (κ2) is 3.68. The Morgan fingerprint density at radius 1 is 1.40 bits per heavy atom. The minimum absolute atomic E-state index is 0.0749. The molecule has 1 rings (SSSR count). The number of ether oxygens (including phenoxy) is 1. The largest absolute Gasteiger partial charge is 0.481 e. The monoisotopic (exact) mass is 212 g/mol. The molecule has 0 aliphatic heterocycles. The van der Waals surface area contributed by atoms with Gasteiger partial charge >= 0.3 is 11.9 Å². The Kier molecular flexibility index (Phi) is 2.88. The third kappa shape index (κ3) is 2.03. The highest BCUT2D eigenvalue weighted by Crippen LogP contribution is 2.59. The van der Waals surface area contributed by atoms with Gasteiger partial charge in [-0.1, -0.05) is 19.9 Å². The summed E-state index contributed by atoms with van der Waals surface area (Å²) in [5.41, 5.74) is 0.209. The van der Waals surface area contributed by atoms with E-state index in [1.165, 1.54) is 7.11 Å². The van der Waals surface area contributed by atoms with E-state index in [0.717, 1.165) is 0 Å². The van der Waals surface area contributed by atoms with Crippen molar-refractivity contribution in [2.24, 2.45) is 17.3 Å². The number of carbonyl (C=O) groups excluding carboxylic acids is 1. The van der Waals surface area contributed by atoms with Crippen molar-refractivity contribution in [2.45, 2.75) is 20.8 Å². The van der Waals surface area contributed by atoms with Crippen LogP contribution < -0.4 is 0 Å². The Hall–Kier alpha value is -1.32. The molecule has 0 heterocycles. The molecule has 0 aromatic carbocycles. The van der Waals surface area contributed by atoms with Crippen molar-refractivity contribution in [1.82, 2.24) is 0 Å². The van der Waals surface area contributed by atoms with Crippen LogP contribution in [0.25, 0.3) is 0 Å². The zero-order chi connectivity index (χ0) is 11.8. The summed E-state index contributed by atoms with van der Waals surface area (Å²) in [6, 6.07) is 0. The SMILES string of the molecule is COC(=O)C(C)=CC1C(C(=O)O)C1(C)C. The normalized spacial score (nSPS) is 28.4. The van der Waals surface area contributed by atoms with Gasteiger partial charge in [-0.15, -0.1) is 0 Å². The predicted molar refractivity (Wildman–Crippen MR) is 54.2 cm³/mol. The van der Waals surface area contributed by atoms with Crippen molar-refractivity contribution < 1.29 is 19.4 Å². The van der Waals surface area contributed by atoms with Gasteiger partial charge in [0.2, 0.25) is 0 Å². The molecular weight excluding hydrogens is 196 g/mol. The van der Waals surface area contributed by atoms with Crippen LogP contribution in [-0.2, 0) is 14.3 Å². The number of allylic oxidation sites excluding steroid dienone is 1. The van der Waals surface area contributed by atoms with Gasteiger partial charge in [0.25, 0.3) is 0 Å². The quantitative estimate of drug-likeness (QED) is 0.568. The van der Waals surface area contributed by atoms with Gasteiger partial charge in [0, 0.05) is 5.57 Å². The Balaban J connectivity index is 2.78. The number of hydrogen-bond acceptors (Lipinski definition) is 3. The fourth-order valence-corrected chi connectivity index (χ4v) is 1.96. The van der Waals surface area contributed by atoms with Gasteiger partial charge in [-0.3, -0.25) is 4.79 Å². The Morgan fingerprint density at radius 2 is 1.93 bits per heavy atom. The maximum absolute atomic E-state index is 11.1. The van der Waals surface area contributed by atoms with E-state index < -0.39 is 17.9 Å². The van der Waals surface area contributed by atoms with Crippen molar-refractivity contribution in [3.63, 3.8) is 0 Å². The number of rotatable bonds is 3. The van der Waals surface area contributed by atoms with E-state index in [9.17, 15) is 9.59 Å². The lowest BCUT2D eigenvalue weighted by Crippen LogP contribution is -2.03. The maximum atomic E-state index is 11.1. The second-order valence-electron chi connectivity index (χ2n) is 4.50. The van der Waals surface area contributed by atoms with Crippen LogP contribution >= 0.6 is 0 Å². The number of hydrogen-bond donors (Lipinski definition) is 1. The van der Waals surface area contributed by atoms with Gasteiger partial charge in [0.1, 0.15) is 0 Å². The summed E-state index contributed by atoms with van der Waals surface area (Å²) in [6.07, 6.45) is 1.70. The topological polar surface area (TPSA) is 63.6 Å². The summed E-state index contributed by atoms with van der Waals surface area (Å²) >= 11 is 0. The Bertz CT molecular complexity index is 327. The molecule has 1 aliphatic rings. The second-order valence-corrected chi connectivity index (χ2v) is 4.50. The third-order valence-corrected chi connectivity index (χ3v) is 3.11. The summed E-state index contributed by atoms with van der Waals surface area (Å²) < 4.78 is 4.55. The Labute approximate surface area is 88.9 Å². The number of aliphatic carboxylic acids is 1. The molecule has 2 atom stereocenters. The maximum Gasteiger partial charge on any atom is 0.333 e. The predicted octanol–water partition coefficient (Wildman–Crippen LogP) is 1.46. The third-order valence-electron chi connectivity index (χ3n) is 3.11. The number of carbonyl (C=O) groups is 2. The summed E-state index contributed by atoms with van der Waals surface area (Å²) in [5, 5.41) is 8.92. The number of carboxylic acid groups (broad SMARTS) is 1. The van der Waals surface area contributed by atoms with Gasteiger partial charge in [-0.05, 0) is 18.3 Å². The van der Waals surface area contributed by atoms with E-state index >= 15 is 0 Å². The molecule has 0 bridgehead atoms. The molecule has 84 valence electrons. The van der Waals surface area contributed by atoms with Crippen LogP contribution in [0.15, 0.2) is 11.6 Å². The first-order valence-electron chi connectivity index (χ1n) is 4.82. The molecule has 1 N–H and O–H groups in total. The summed E-state index contributed by atoms with van der Waals surface area (Å²) in [6.45, 7) is 5.41. The van der Waals surface area contributed by atoms with E-state index in [-0.39, 0.29) is 11.3 Å². The molecule has 1 fully saturated rings. The lowest BCUT2D eigenvalue weighted by atomic mass is 10.1. The van der Waals surface area contributed by atoms with E-state index in [1.54, 1.807) is 13.0 Å². The number of esters is 1. The Morgan fingerprint density at radius 3 is 2.27 bits per heavy atom. The highest BCUT2D eigenvalue weighted by Gasteiger charge is 2.61. The van der Waals surface area contributed by atoms with Gasteiger partial charge in [0.05, 0.1) is 13.0 Å². The minimum Gasteiger partial charge on any atom is -0.481 e. The lowest BCUT2D eigenvalue weighted by Gasteiger charge is -1.99. The van der Waals surface area contributed by atoms with Gasteiger partial charge < -0.3 is 9.84 Å². The molecule has 1 aliphatic carbocycles. The van der Waals surface area contributed by atoms with E-state index in [2.05, 4.69) is 4.74 Å². The molecular formula is C11H16O4. The van der Waals surface area contributed by atoms with Gasteiger partial charge in [-0.2, -0.15) is 0 Å². The number of methoxy groups -OCH3 is 1. The average Bonchev–Trinajstić information content (AvgIpc) is 2.66. The molecule has 0 aromatic heterocycles. The van der Waals surface area contributed by atoms with Crippen molar-refractivity contribution in [3.8, 4) is 0 Å². The zero-order valence-corrected chi connectivity index (χ0v) is 9.40. The van der Waals surface area contributed by atoms with Crippen LogP contribution in [0.1, 0.15) is 20.8 Å². The van der Waals surface area contributed by atoms with Crippen molar-refractivity contribution in [3.05, 3.63) is 11.6 Å². The molecule has 4 heteroatoms. The molecule has 0 saturated heterocycles. The molecule has 1 saturated carbocycles. The van der Waals surface area contributed by atoms with Crippen molar-refractivity contribution in [1.29, 1.82) is 0 Å². The van der Waals surface area contributed by atoms with Crippen molar-refractivity contribution >= 4 is 11.9 Å². The first-order valence-corrected chi connectivity index (χ1v) is 4.82. The molecule has 0 radical (unpaired) electrons. The van der Waals surface area contributed by atoms with Crippen molar-refractivity contribution in [2.75, 3.05) is 7.11 Å². The molecule has 0 aromatic rings. The van der Waals surface area contributed by atoms with Crippen LogP contribution in [0.3, 0.4) is 0 Å². The average molecular weight is 212 g/mol. The smallest absolute Gasteiger partial charge is 0.333 e. The van der Waals surface area contributed by atoms with Crippen LogP contribution in [0.4, 0.5) is 0 Å². The standard InChI is InChI=1S/C11H16O4/c1-6(10(14)15-4)5-7-8(9(12)13)11(7,2)3/h5,7-8H,1-4H3,(H,12,13). The van der Waals surface area contributed by atoms with E-state index in [0.29, 0.717) is 5.57 Å². The van der Waals surface area contributed by atoms with Gasteiger partial charge in [-0.25, -0.2) is 4.79 Å². The molecule has 4 nitrogen and oxygen atoms in total. The zero-order valence-electron chi connectivity index (χ0n) is 9.40. The summed E-state index contributed by atoms with van der Waals surface area (Å²) in [5.74, 6) is -1.67. The first kappa shape index (κ1) is 11.8. The molecule has 15 heavy (non-hydrogen) atoms. The number of carboxylic acids is 1. The summed E-state index contributed by atoms with van der Waals surface area (Å²) in [7, 11) is 1.31. The molecule has 0 spiro atoms. The highest BCUT2D eigenvalue weighted by molar-refractivity contribution is 5.88. The molecule has 2 unspecified atom stereocenters. The van der Waals surface area contributed by atoms with E-state index in [1.807, 2.05) is 13.8 Å². The first-order chi connectivity index (χ1) is 6.82. The van der Waals surface area contributed by atoms with Crippen LogP contribution in [-0.4, -0.2) is 24.2 Å². The minimum atomic E-state index is -0.807. The van der Waals surface area contributed by atoms with Crippen LogP contribution in [0.5, 0.6) is 0 Å². The lowest BCUT2D eigenvalue weighted by molar-refractivity contribution is -0.139. The van der Waals surface area contributed by atoms with Crippen LogP contribution in [0.2, 0.25) is 0 Å².